The third kappa shape index (κ3) is 3.44. The lowest BCUT2D eigenvalue weighted by Crippen LogP contribution is -2.18. The van der Waals surface area contributed by atoms with Gasteiger partial charge in [0.2, 0.25) is 0 Å². The molecule has 0 aliphatic carbocycles. The van der Waals surface area contributed by atoms with Gasteiger partial charge in [0.25, 0.3) is 0 Å². The second-order valence-electron chi connectivity index (χ2n) is 4.84. The summed E-state index contributed by atoms with van der Waals surface area (Å²) in [5, 5.41) is 6.82. The van der Waals surface area contributed by atoms with Crippen molar-refractivity contribution in [3.63, 3.8) is 0 Å². The van der Waals surface area contributed by atoms with Crippen LogP contribution in [0, 0.1) is 10.2 Å². The molecule has 0 bridgehead atoms. The fourth-order valence-corrected chi connectivity index (χ4v) is 1.53. The van der Waals surface area contributed by atoms with Gasteiger partial charge in [-0.3, -0.25) is 14.5 Å². The summed E-state index contributed by atoms with van der Waals surface area (Å²) in [6.45, 7) is 6.42. The van der Waals surface area contributed by atoms with Crippen LogP contribution in [0.2, 0.25) is 0 Å². The molecule has 6 heteroatoms. The van der Waals surface area contributed by atoms with Crippen molar-refractivity contribution in [1.82, 2.24) is 14.8 Å². The van der Waals surface area contributed by atoms with Gasteiger partial charge in [-0.2, -0.15) is 5.10 Å². The number of rotatable bonds is 3. The summed E-state index contributed by atoms with van der Waals surface area (Å²) in [6.07, 6.45) is 0.747. The highest BCUT2D eigenvalue weighted by Gasteiger charge is 2.17. The maximum Gasteiger partial charge on any atom is 0.325 e. The van der Waals surface area contributed by atoms with Crippen LogP contribution in [0.25, 0.3) is 0 Å². The number of nitrogens with one attached hydrogen (secondary N) is 1. The first kappa shape index (κ1) is 12.9. The summed E-state index contributed by atoms with van der Waals surface area (Å²) < 4.78 is 6.74. The van der Waals surface area contributed by atoms with E-state index in [0.717, 1.165) is 12.2 Å². The summed E-state index contributed by atoms with van der Waals surface area (Å²) in [4.78, 5) is 11.2. The number of ether oxygens (including phenoxy) is 1. The van der Waals surface area contributed by atoms with Gasteiger partial charge in [0.15, 0.2) is 4.77 Å². The minimum Gasteiger partial charge on any atom is -0.468 e. The SMILES string of the molecule is COC(=O)Cn1c(CC(C)(C)C)n[nH]c1=S. The molecule has 90 valence electrons. The van der Waals surface area contributed by atoms with Gasteiger partial charge < -0.3 is 4.74 Å². The fourth-order valence-electron chi connectivity index (χ4n) is 1.32. The molecule has 16 heavy (non-hydrogen) atoms. The molecular weight excluding hydrogens is 226 g/mol. The molecule has 0 fully saturated rings. The van der Waals surface area contributed by atoms with Crippen molar-refractivity contribution in [3.05, 3.63) is 10.6 Å². The van der Waals surface area contributed by atoms with Crippen LogP contribution in [0.1, 0.15) is 26.6 Å². The molecule has 0 radical (unpaired) electrons. The molecule has 0 spiro atoms. The first-order valence-electron chi connectivity index (χ1n) is 5.04. The number of carbonyl (C=O) groups excluding carboxylic acids is 1. The molecule has 5 nitrogen and oxygen atoms in total. The molecule has 0 unspecified atom stereocenters. The van der Waals surface area contributed by atoms with Crippen molar-refractivity contribution in [2.75, 3.05) is 7.11 Å². The molecule has 1 heterocycles. The van der Waals surface area contributed by atoms with Crippen molar-refractivity contribution >= 4 is 18.2 Å². The lowest BCUT2D eigenvalue weighted by atomic mass is 9.92. The Labute approximate surface area is 99.8 Å². The molecule has 0 aliphatic heterocycles. The van der Waals surface area contributed by atoms with Crippen molar-refractivity contribution in [1.29, 1.82) is 0 Å². The van der Waals surface area contributed by atoms with E-state index in [1.54, 1.807) is 4.57 Å². The topological polar surface area (TPSA) is 59.9 Å². The molecule has 0 aliphatic rings. The molecule has 0 saturated carbocycles. The van der Waals surface area contributed by atoms with E-state index in [-0.39, 0.29) is 17.9 Å². The Morgan fingerprint density at radius 2 is 2.19 bits per heavy atom. The van der Waals surface area contributed by atoms with Crippen LogP contribution in [-0.2, 0) is 22.5 Å². The van der Waals surface area contributed by atoms with Gasteiger partial charge in [0.1, 0.15) is 12.4 Å². The zero-order valence-corrected chi connectivity index (χ0v) is 10.8. The molecule has 1 N–H and O–H groups in total. The van der Waals surface area contributed by atoms with Gasteiger partial charge in [-0.15, -0.1) is 0 Å². The van der Waals surface area contributed by atoms with E-state index in [9.17, 15) is 4.79 Å². The van der Waals surface area contributed by atoms with Crippen LogP contribution in [0.3, 0.4) is 0 Å². The largest absolute Gasteiger partial charge is 0.468 e. The number of hydrogen-bond donors (Lipinski definition) is 1. The third-order valence-corrected chi connectivity index (χ3v) is 2.35. The van der Waals surface area contributed by atoms with Crippen LogP contribution >= 0.6 is 12.2 Å². The fraction of sp³-hybridized carbons (Fsp3) is 0.700. The predicted molar refractivity (Wildman–Crippen MR) is 62.6 cm³/mol. The lowest BCUT2D eigenvalue weighted by molar-refractivity contribution is -0.141. The molecular formula is C10H17N3O2S. The Morgan fingerprint density at radius 1 is 1.56 bits per heavy atom. The van der Waals surface area contributed by atoms with E-state index in [1.165, 1.54) is 7.11 Å². The highest BCUT2D eigenvalue weighted by atomic mass is 32.1. The van der Waals surface area contributed by atoms with Gasteiger partial charge in [-0.1, -0.05) is 20.8 Å². The normalized spacial score (nSPS) is 11.5. The first-order valence-corrected chi connectivity index (χ1v) is 5.45. The molecule has 1 aromatic rings. The Hall–Kier alpha value is -1.17. The number of hydrogen-bond acceptors (Lipinski definition) is 4. The van der Waals surface area contributed by atoms with E-state index in [2.05, 4.69) is 35.7 Å². The minimum atomic E-state index is -0.326. The van der Waals surface area contributed by atoms with E-state index >= 15 is 0 Å². The Kier molecular flexibility index (Phi) is 3.85. The number of H-pyrrole nitrogens is 1. The van der Waals surface area contributed by atoms with Crippen LogP contribution in [-0.4, -0.2) is 27.8 Å². The number of esters is 1. The predicted octanol–water partition coefficient (Wildman–Crippen LogP) is 1.70. The Balaban J connectivity index is 2.94. The van der Waals surface area contributed by atoms with Gasteiger partial charge in [-0.05, 0) is 17.6 Å². The van der Waals surface area contributed by atoms with Crippen LogP contribution in [0.4, 0.5) is 0 Å². The van der Waals surface area contributed by atoms with Crippen LogP contribution < -0.4 is 0 Å². The van der Waals surface area contributed by atoms with Crippen molar-refractivity contribution in [2.24, 2.45) is 5.41 Å². The van der Waals surface area contributed by atoms with E-state index in [0.29, 0.717) is 4.77 Å². The number of methoxy groups -OCH3 is 1. The summed E-state index contributed by atoms with van der Waals surface area (Å²) in [5.41, 5.74) is 0.0921. The molecule has 1 rings (SSSR count). The average molecular weight is 243 g/mol. The van der Waals surface area contributed by atoms with Crippen molar-refractivity contribution in [3.8, 4) is 0 Å². The molecule has 0 saturated heterocycles. The van der Waals surface area contributed by atoms with Crippen molar-refractivity contribution < 1.29 is 9.53 Å². The summed E-state index contributed by atoms with van der Waals surface area (Å²) in [5.74, 6) is 0.454. The minimum absolute atomic E-state index is 0.0921. The Morgan fingerprint density at radius 3 is 2.69 bits per heavy atom. The second kappa shape index (κ2) is 4.78. The molecule has 0 aromatic carbocycles. The number of nitrogens with zero attached hydrogens (tertiary/aromatic N) is 2. The molecule has 1 aromatic heterocycles. The molecule has 0 amide bonds. The van der Waals surface area contributed by atoms with Gasteiger partial charge in [0, 0.05) is 6.42 Å². The number of aromatic amines is 1. The first-order chi connectivity index (χ1) is 7.33. The van der Waals surface area contributed by atoms with Gasteiger partial charge in [0.05, 0.1) is 7.11 Å². The monoisotopic (exact) mass is 243 g/mol. The summed E-state index contributed by atoms with van der Waals surface area (Å²) in [7, 11) is 1.36. The smallest absolute Gasteiger partial charge is 0.325 e. The van der Waals surface area contributed by atoms with E-state index in [4.69, 9.17) is 12.2 Å². The second-order valence-corrected chi connectivity index (χ2v) is 5.23. The van der Waals surface area contributed by atoms with Gasteiger partial charge in [-0.25, -0.2) is 0 Å². The average Bonchev–Trinajstić information content (AvgIpc) is 2.47. The van der Waals surface area contributed by atoms with Crippen molar-refractivity contribution in [2.45, 2.75) is 33.7 Å². The standard InChI is InChI=1S/C10H17N3O2S/c1-10(2,3)5-7-11-12-9(16)13(7)6-8(14)15-4/h5-6H2,1-4H3,(H,12,16). The maximum absolute atomic E-state index is 11.2. The van der Waals surface area contributed by atoms with E-state index in [1.807, 2.05) is 0 Å². The molecule has 0 atom stereocenters. The number of carbonyl (C=O) groups is 1. The van der Waals surface area contributed by atoms with Crippen LogP contribution in [0.15, 0.2) is 0 Å². The third-order valence-electron chi connectivity index (χ3n) is 2.04. The summed E-state index contributed by atoms with van der Waals surface area (Å²) in [6, 6.07) is 0. The highest BCUT2D eigenvalue weighted by Crippen LogP contribution is 2.19. The maximum atomic E-state index is 11.2. The number of aromatic nitrogens is 3. The van der Waals surface area contributed by atoms with E-state index < -0.39 is 0 Å². The van der Waals surface area contributed by atoms with Gasteiger partial charge >= 0.3 is 5.97 Å². The lowest BCUT2D eigenvalue weighted by Gasteiger charge is -2.17. The Bertz CT molecular complexity index is 428. The quantitative estimate of drug-likeness (QED) is 0.648. The zero-order chi connectivity index (χ0) is 12.3. The highest BCUT2D eigenvalue weighted by molar-refractivity contribution is 7.71. The summed E-state index contributed by atoms with van der Waals surface area (Å²) >= 11 is 5.07. The van der Waals surface area contributed by atoms with Crippen LogP contribution in [0.5, 0.6) is 0 Å². The zero-order valence-electron chi connectivity index (χ0n) is 10.0.